The van der Waals surface area contributed by atoms with E-state index in [1.807, 2.05) is 36.4 Å². The highest BCUT2D eigenvalue weighted by Crippen LogP contribution is 2.46. The van der Waals surface area contributed by atoms with Crippen molar-refractivity contribution in [1.82, 2.24) is 10.2 Å². The zero-order valence-corrected chi connectivity index (χ0v) is 19.4. The quantitative estimate of drug-likeness (QED) is 0.602. The van der Waals surface area contributed by atoms with Crippen LogP contribution in [0.5, 0.6) is 0 Å². The molecule has 2 aromatic rings. The Balaban J connectivity index is 1.61. The Labute approximate surface area is 198 Å². The average Bonchev–Trinajstić information content (AvgIpc) is 3.30. The van der Waals surface area contributed by atoms with Gasteiger partial charge in [-0.2, -0.15) is 0 Å². The van der Waals surface area contributed by atoms with Crippen LogP contribution in [0.25, 0.3) is 0 Å². The zero-order valence-electron chi connectivity index (χ0n) is 17.9. The van der Waals surface area contributed by atoms with Crippen molar-refractivity contribution >= 4 is 40.7 Å². The molecule has 0 radical (unpaired) electrons. The molecule has 168 valence electrons. The number of nitrogens with one attached hydrogen (secondary N) is 2. The second-order valence-electron chi connectivity index (χ2n) is 9.22. The number of rotatable bonds is 7. The van der Waals surface area contributed by atoms with Gasteiger partial charge in [0.25, 0.3) is 0 Å². The predicted octanol–water partition coefficient (Wildman–Crippen LogP) is 4.91. The first-order chi connectivity index (χ1) is 15.5. The van der Waals surface area contributed by atoms with Crippen molar-refractivity contribution < 1.29 is 9.59 Å². The second kappa shape index (κ2) is 8.69. The molecule has 5 nitrogen and oxygen atoms in total. The van der Waals surface area contributed by atoms with E-state index in [1.165, 1.54) is 0 Å². The molecule has 2 amide bonds. The van der Waals surface area contributed by atoms with Crippen LogP contribution in [0, 0.1) is 0 Å². The van der Waals surface area contributed by atoms with Crippen LogP contribution < -0.4 is 10.6 Å². The van der Waals surface area contributed by atoms with Crippen molar-refractivity contribution in [3.05, 3.63) is 63.6 Å². The first-order valence-electron chi connectivity index (χ1n) is 11.4. The fraction of sp³-hybridized carbons (Fsp3) is 0.440. The van der Waals surface area contributed by atoms with Crippen molar-refractivity contribution in [2.45, 2.75) is 62.6 Å². The molecule has 0 saturated heterocycles. The molecule has 1 heterocycles. The fourth-order valence-corrected chi connectivity index (χ4v) is 5.67. The van der Waals surface area contributed by atoms with Crippen molar-refractivity contribution in [3.8, 4) is 0 Å². The molecule has 5 rings (SSSR count). The highest BCUT2D eigenvalue weighted by molar-refractivity contribution is 6.31. The summed E-state index contributed by atoms with van der Waals surface area (Å²) in [4.78, 5) is 29.0. The van der Waals surface area contributed by atoms with Crippen molar-refractivity contribution in [2.24, 2.45) is 0 Å². The van der Waals surface area contributed by atoms with Crippen LogP contribution in [0.15, 0.2) is 42.5 Å². The second-order valence-corrected chi connectivity index (χ2v) is 10.1. The summed E-state index contributed by atoms with van der Waals surface area (Å²) < 4.78 is 0. The summed E-state index contributed by atoms with van der Waals surface area (Å²) >= 11 is 12.5. The molecule has 2 fully saturated rings. The minimum Gasteiger partial charge on any atom is -0.352 e. The molecule has 1 aliphatic heterocycles. The van der Waals surface area contributed by atoms with E-state index in [1.54, 1.807) is 6.07 Å². The Morgan fingerprint density at radius 2 is 1.81 bits per heavy atom. The number of anilines is 1. The van der Waals surface area contributed by atoms with E-state index in [9.17, 15) is 9.59 Å². The number of hydrogen-bond donors (Lipinski definition) is 2. The summed E-state index contributed by atoms with van der Waals surface area (Å²) in [7, 11) is 0. The SMILES string of the molecule is O=C(CN(C1CCCC1)C1(Cc2cccc(Cl)c2)C(=O)Nc2cc(Cl)ccc21)NC1CC1. The molecule has 32 heavy (non-hydrogen) atoms. The number of nitrogens with zero attached hydrogens (tertiary/aromatic N) is 1. The van der Waals surface area contributed by atoms with E-state index in [-0.39, 0.29) is 30.4 Å². The fourth-order valence-electron chi connectivity index (χ4n) is 5.28. The largest absolute Gasteiger partial charge is 0.352 e. The minimum atomic E-state index is -1.000. The van der Waals surface area contributed by atoms with Gasteiger partial charge in [0.2, 0.25) is 11.8 Å². The summed E-state index contributed by atoms with van der Waals surface area (Å²) in [6.07, 6.45) is 6.66. The molecule has 1 unspecified atom stereocenters. The van der Waals surface area contributed by atoms with Crippen molar-refractivity contribution in [2.75, 3.05) is 11.9 Å². The molecule has 1 atom stereocenters. The molecule has 2 aliphatic carbocycles. The maximum absolute atomic E-state index is 13.8. The van der Waals surface area contributed by atoms with Crippen molar-refractivity contribution in [1.29, 1.82) is 0 Å². The monoisotopic (exact) mass is 471 g/mol. The van der Waals surface area contributed by atoms with Gasteiger partial charge in [0.05, 0.1) is 6.54 Å². The highest BCUT2D eigenvalue weighted by atomic mass is 35.5. The van der Waals surface area contributed by atoms with Crippen LogP contribution in [0.2, 0.25) is 10.0 Å². The molecule has 7 heteroatoms. The van der Waals surface area contributed by atoms with Crippen LogP contribution in [-0.2, 0) is 21.5 Å². The standard InChI is InChI=1S/C25H27Cl2N3O2/c26-17-5-3-4-16(12-17)14-25(21-11-8-18(27)13-22(21)29-24(25)32)30(20-6-1-2-7-20)15-23(31)28-19-9-10-19/h3-5,8,11-13,19-20H,1-2,6-7,9-10,14-15H2,(H,28,31)(H,29,32). The Morgan fingerprint density at radius 1 is 1.06 bits per heavy atom. The number of halogens is 2. The van der Waals surface area contributed by atoms with Gasteiger partial charge >= 0.3 is 0 Å². The minimum absolute atomic E-state index is 0.0138. The Kier molecular flexibility index (Phi) is 5.91. The third kappa shape index (κ3) is 4.14. The third-order valence-electron chi connectivity index (χ3n) is 6.91. The Hall–Kier alpha value is -2.08. The van der Waals surface area contributed by atoms with E-state index in [2.05, 4.69) is 15.5 Å². The molecular weight excluding hydrogens is 445 g/mol. The summed E-state index contributed by atoms with van der Waals surface area (Å²) in [5, 5.41) is 7.38. The lowest BCUT2D eigenvalue weighted by Gasteiger charge is -2.43. The summed E-state index contributed by atoms with van der Waals surface area (Å²) in [5.74, 6) is -0.124. The summed E-state index contributed by atoms with van der Waals surface area (Å²) in [6, 6.07) is 13.6. The Morgan fingerprint density at radius 3 is 2.53 bits per heavy atom. The van der Waals surface area contributed by atoms with Gasteiger partial charge in [-0.25, -0.2) is 0 Å². The van der Waals surface area contributed by atoms with E-state index in [4.69, 9.17) is 23.2 Å². The maximum Gasteiger partial charge on any atom is 0.249 e. The maximum atomic E-state index is 13.8. The van der Waals surface area contributed by atoms with Gasteiger partial charge in [-0.15, -0.1) is 0 Å². The number of benzene rings is 2. The number of amides is 2. The van der Waals surface area contributed by atoms with Crippen LogP contribution in [-0.4, -0.2) is 35.3 Å². The van der Waals surface area contributed by atoms with Gasteiger partial charge in [-0.1, -0.05) is 54.2 Å². The molecule has 0 bridgehead atoms. The van der Waals surface area contributed by atoms with Gasteiger partial charge < -0.3 is 10.6 Å². The van der Waals surface area contributed by atoms with Crippen LogP contribution in [0.1, 0.15) is 49.7 Å². The lowest BCUT2D eigenvalue weighted by molar-refractivity contribution is -0.134. The number of carbonyl (C=O) groups excluding carboxylic acids is 2. The highest BCUT2D eigenvalue weighted by Gasteiger charge is 2.54. The average molecular weight is 472 g/mol. The van der Waals surface area contributed by atoms with Gasteiger partial charge in [-0.05, 0) is 55.5 Å². The van der Waals surface area contributed by atoms with E-state index >= 15 is 0 Å². The van der Waals surface area contributed by atoms with E-state index in [0.29, 0.717) is 16.5 Å². The number of fused-ring (bicyclic) bond motifs is 1. The van der Waals surface area contributed by atoms with Crippen LogP contribution in [0.4, 0.5) is 5.69 Å². The van der Waals surface area contributed by atoms with E-state index in [0.717, 1.165) is 55.3 Å². The predicted molar refractivity (Wildman–Crippen MR) is 127 cm³/mol. The molecule has 3 aliphatic rings. The normalized spacial score (nSPS) is 22.8. The van der Waals surface area contributed by atoms with Gasteiger partial charge in [0, 0.05) is 39.8 Å². The smallest absolute Gasteiger partial charge is 0.249 e. The van der Waals surface area contributed by atoms with Gasteiger partial charge in [0.1, 0.15) is 5.54 Å². The number of hydrogen-bond acceptors (Lipinski definition) is 3. The van der Waals surface area contributed by atoms with Crippen LogP contribution in [0.3, 0.4) is 0 Å². The first kappa shape index (κ1) is 21.7. The summed E-state index contributed by atoms with van der Waals surface area (Å²) in [5.41, 5.74) is 1.55. The zero-order chi connectivity index (χ0) is 22.3. The molecule has 0 aromatic heterocycles. The van der Waals surface area contributed by atoms with Crippen molar-refractivity contribution in [3.63, 3.8) is 0 Å². The van der Waals surface area contributed by atoms with Crippen LogP contribution >= 0.6 is 23.2 Å². The van der Waals surface area contributed by atoms with E-state index < -0.39 is 5.54 Å². The topological polar surface area (TPSA) is 61.4 Å². The molecular formula is C25H27Cl2N3O2. The third-order valence-corrected chi connectivity index (χ3v) is 7.38. The Bertz CT molecular complexity index is 1050. The lowest BCUT2D eigenvalue weighted by atomic mass is 9.81. The molecule has 2 N–H and O–H groups in total. The van der Waals surface area contributed by atoms with Gasteiger partial charge in [0.15, 0.2) is 0 Å². The first-order valence-corrected chi connectivity index (χ1v) is 12.1. The summed E-state index contributed by atoms with van der Waals surface area (Å²) in [6.45, 7) is 0.192. The van der Waals surface area contributed by atoms with Gasteiger partial charge in [-0.3, -0.25) is 14.5 Å². The molecule has 2 aromatic carbocycles. The number of carbonyl (C=O) groups is 2. The molecule has 2 saturated carbocycles. The molecule has 0 spiro atoms. The lowest BCUT2D eigenvalue weighted by Crippen LogP contribution is -2.58.